The van der Waals surface area contributed by atoms with Crippen LogP contribution in [0.1, 0.15) is 16.8 Å². The van der Waals surface area contributed by atoms with Crippen molar-refractivity contribution in [1.29, 1.82) is 0 Å². The highest BCUT2D eigenvalue weighted by atomic mass is 19.1. The highest BCUT2D eigenvalue weighted by Crippen LogP contribution is 2.30. The first-order valence-electron chi connectivity index (χ1n) is 6.43. The van der Waals surface area contributed by atoms with Gasteiger partial charge in [-0.25, -0.2) is 9.18 Å². The monoisotopic (exact) mass is 288 g/mol. The number of pyridine rings is 1. The molecule has 5 nitrogen and oxygen atoms in total. The molecule has 0 aliphatic carbocycles. The summed E-state index contributed by atoms with van der Waals surface area (Å²) in [5.41, 5.74) is 1.45. The summed E-state index contributed by atoms with van der Waals surface area (Å²) in [7, 11) is 0. The van der Waals surface area contributed by atoms with Crippen molar-refractivity contribution in [1.82, 2.24) is 9.88 Å². The van der Waals surface area contributed by atoms with E-state index in [4.69, 9.17) is 4.74 Å². The Kier molecular flexibility index (Phi) is 3.21. The number of carbonyl (C=O) groups excluding carboxylic acids is 1. The number of carbonyl (C=O) groups is 1. The first kappa shape index (κ1) is 13.4. The number of hydrogen-bond acceptors (Lipinski definition) is 4. The second-order valence-corrected chi connectivity index (χ2v) is 4.89. The number of nitrogens with zero attached hydrogens (tertiary/aromatic N) is 2. The van der Waals surface area contributed by atoms with Crippen LogP contribution < -0.4 is 4.74 Å². The lowest BCUT2D eigenvalue weighted by Gasteiger charge is -2.28. The van der Waals surface area contributed by atoms with E-state index in [2.05, 4.69) is 4.98 Å². The van der Waals surface area contributed by atoms with Gasteiger partial charge < -0.3 is 9.84 Å². The first-order chi connectivity index (χ1) is 10.0. The van der Waals surface area contributed by atoms with Gasteiger partial charge in [0.1, 0.15) is 17.3 Å². The lowest BCUT2D eigenvalue weighted by Crippen LogP contribution is -2.36. The number of ether oxygens (including phenoxy) is 1. The number of aromatic hydroxyl groups is 1. The van der Waals surface area contributed by atoms with Crippen LogP contribution in [-0.2, 0) is 13.1 Å². The molecule has 21 heavy (non-hydrogen) atoms. The minimum atomic E-state index is -0.568. The minimum Gasteiger partial charge on any atom is -0.508 e. The molecule has 3 rings (SSSR count). The van der Waals surface area contributed by atoms with Crippen molar-refractivity contribution in [2.45, 2.75) is 20.0 Å². The van der Waals surface area contributed by atoms with Crippen LogP contribution in [0, 0.1) is 12.7 Å². The lowest BCUT2D eigenvalue weighted by atomic mass is 10.1. The molecule has 1 aliphatic heterocycles. The fraction of sp³-hybridized carbons (Fsp3) is 0.200. The fourth-order valence-corrected chi connectivity index (χ4v) is 2.25. The van der Waals surface area contributed by atoms with Gasteiger partial charge in [-0.05, 0) is 25.1 Å². The predicted molar refractivity (Wildman–Crippen MR) is 72.3 cm³/mol. The van der Waals surface area contributed by atoms with E-state index in [-0.39, 0.29) is 12.3 Å². The molecule has 1 aliphatic rings. The maximum Gasteiger partial charge on any atom is 0.415 e. The van der Waals surface area contributed by atoms with Gasteiger partial charge in [0, 0.05) is 23.4 Å². The average molecular weight is 288 g/mol. The third-order valence-electron chi connectivity index (χ3n) is 3.37. The van der Waals surface area contributed by atoms with E-state index in [0.717, 1.165) is 5.56 Å². The van der Waals surface area contributed by atoms with Crippen LogP contribution in [0.25, 0.3) is 0 Å². The maximum atomic E-state index is 14.0. The Morgan fingerprint density at radius 1 is 1.43 bits per heavy atom. The zero-order valence-corrected chi connectivity index (χ0v) is 11.3. The summed E-state index contributed by atoms with van der Waals surface area (Å²) < 4.78 is 19.1. The van der Waals surface area contributed by atoms with Gasteiger partial charge in [-0.3, -0.25) is 9.88 Å². The molecule has 0 saturated heterocycles. The Morgan fingerprint density at radius 2 is 2.24 bits per heavy atom. The molecule has 0 bridgehead atoms. The highest BCUT2D eigenvalue weighted by molar-refractivity contribution is 5.73. The van der Waals surface area contributed by atoms with Gasteiger partial charge in [-0.15, -0.1) is 0 Å². The van der Waals surface area contributed by atoms with Crippen molar-refractivity contribution in [3.05, 3.63) is 53.1 Å². The number of rotatable bonds is 2. The molecule has 0 atom stereocenters. The summed E-state index contributed by atoms with van der Waals surface area (Å²) in [5, 5.41) is 9.38. The predicted octanol–water partition coefficient (Wildman–Crippen LogP) is 2.75. The third kappa shape index (κ3) is 2.52. The topological polar surface area (TPSA) is 62.7 Å². The molecule has 2 aromatic rings. The SMILES string of the molecule is Cc1nccc(CN2Cc3ccc(O)cc3OC2=O)c1F. The standard InChI is InChI=1S/C15H13FN2O3/c1-9-14(16)11(4-5-17-9)8-18-7-10-2-3-12(19)6-13(10)21-15(18)20/h2-6,19H,7-8H2,1H3. The van der Waals surface area contributed by atoms with Crippen molar-refractivity contribution >= 4 is 6.09 Å². The van der Waals surface area contributed by atoms with Crippen molar-refractivity contribution in [2.24, 2.45) is 0 Å². The van der Waals surface area contributed by atoms with Crippen LogP contribution in [0.4, 0.5) is 9.18 Å². The zero-order valence-electron chi connectivity index (χ0n) is 11.3. The molecule has 1 aromatic heterocycles. The van der Waals surface area contributed by atoms with Gasteiger partial charge >= 0.3 is 6.09 Å². The van der Waals surface area contributed by atoms with Crippen LogP contribution in [0.15, 0.2) is 30.5 Å². The van der Waals surface area contributed by atoms with E-state index in [1.165, 1.54) is 23.2 Å². The van der Waals surface area contributed by atoms with E-state index in [1.54, 1.807) is 19.1 Å². The number of aryl methyl sites for hydroxylation is 1. The van der Waals surface area contributed by atoms with Crippen molar-refractivity contribution in [3.8, 4) is 11.5 Å². The quantitative estimate of drug-likeness (QED) is 0.923. The normalized spacial score (nSPS) is 13.8. The zero-order chi connectivity index (χ0) is 15.0. The van der Waals surface area contributed by atoms with Crippen LogP contribution in [0.3, 0.4) is 0 Å². The molecule has 0 spiro atoms. The fourth-order valence-electron chi connectivity index (χ4n) is 2.25. The van der Waals surface area contributed by atoms with E-state index in [9.17, 15) is 14.3 Å². The van der Waals surface area contributed by atoms with Crippen molar-refractivity contribution in [2.75, 3.05) is 0 Å². The van der Waals surface area contributed by atoms with E-state index in [1.807, 2.05) is 0 Å². The first-order valence-corrected chi connectivity index (χ1v) is 6.43. The molecule has 0 radical (unpaired) electrons. The summed E-state index contributed by atoms with van der Waals surface area (Å²) in [6.07, 6.45) is 0.941. The van der Waals surface area contributed by atoms with Crippen LogP contribution in [-0.4, -0.2) is 21.1 Å². The van der Waals surface area contributed by atoms with Crippen molar-refractivity contribution in [3.63, 3.8) is 0 Å². The van der Waals surface area contributed by atoms with E-state index in [0.29, 0.717) is 23.6 Å². The molecule has 6 heteroatoms. The number of phenols is 1. The number of aromatic nitrogens is 1. The van der Waals surface area contributed by atoms with Gasteiger partial charge in [0.2, 0.25) is 0 Å². The van der Waals surface area contributed by atoms with Crippen LogP contribution in [0.5, 0.6) is 11.5 Å². The number of benzene rings is 1. The van der Waals surface area contributed by atoms with Gasteiger partial charge in [-0.1, -0.05) is 0 Å². The number of fused-ring (bicyclic) bond motifs is 1. The molecule has 108 valence electrons. The largest absolute Gasteiger partial charge is 0.508 e. The Labute approximate surface area is 120 Å². The molecule has 0 fully saturated rings. The maximum absolute atomic E-state index is 14.0. The summed E-state index contributed by atoms with van der Waals surface area (Å²) >= 11 is 0. The van der Waals surface area contributed by atoms with Gasteiger partial charge in [0.05, 0.1) is 18.8 Å². The molecule has 0 unspecified atom stereocenters. The van der Waals surface area contributed by atoms with Crippen molar-refractivity contribution < 1.29 is 19.0 Å². The number of halogens is 1. The summed E-state index contributed by atoms with van der Waals surface area (Å²) in [5.74, 6) is -0.0461. The second-order valence-electron chi connectivity index (χ2n) is 4.89. The summed E-state index contributed by atoms with van der Waals surface area (Å²) in [4.78, 5) is 17.2. The smallest absolute Gasteiger partial charge is 0.415 e. The van der Waals surface area contributed by atoms with Crippen LogP contribution in [0.2, 0.25) is 0 Å². The second kappa shape index (κ2) is 5.05. The molecule has 1 aromatic carbocycles. The van der Waals surface area contributed by atoms with Gasteiger partial charge in [-0.2, -0.15) is 0 Å². The lowest BCUT2D eigenvalue weighted by molar-refractivity contribution is 0.134. The Morgan fingerprint density at radius 3 is 3.05 bits per heavy atom. The van der Waals surface area contributed by atoms with Gasteiger partial charge in [0.25, 0.3) is 0 Å². The van der Waals surface area contributed by atoms with E-state index >= 15 is 0 Å². The molecule has 0 saturated carbocycles. The number of hydrogen-bond donors (Lipinski definition) is 1. The van der Waals surface area contributed by atoms with Crippen LogP contribution >= 0.6 is 0 Å². The molecule has 1 amide bonds. The highest BCUT2D eigenvalue weighted by Gasteiger charge is 2.26. The number of phenolic OH excluding ortho intramolecular Hbond substituents is 1. The molecular weight excluding hydrogens is 275 g/mol. The minimum absolute atomic E-state index is 0.0332. The third-order valence-corrected chi connectivity index (χ3v) is 3.37. The number of amides is 1. The molecular formula is C15H13FN2O3. The molecule has 1 N–H and O–H groups in total. The average Bonchev–Trinajstić information content (AvgIpc) is 2.45. The summed E-state index contributed by atoms with van der Waals surface area (Å²) in [6, 6.07) is 6.13. The Hall–Kier alpha value is -2.63. The van der Waals surface area contributed by atoms with Gasteiger partial charge in [0.15, 0.2) is 0 Å². The summed E-state index contributed by atoms with van der Waals surface area (Å²) in [6.45, 7) is 1.98. The Balaban J connectivity index is 1.86. The van der Waals surface area contributed by atoms with E-state index < -0.39 is 11.9 Å². The Bertz CT molecular complexity index is 718. The molecule has 2 heterocycles.